The Balaban J connectivity index is 1.31. The zero-order chi connectivity index (χ0) is 21.0. The lowest BCUT2D eigenvalue weighted by atomic mass is 9.95. The summed E-state index contributed by atoms with van der Waals surface area (Å²) >= 11 is 0. The Morgan fingerprint density at radius 2 is 1.47 bits per heavy atom. The highest BCUT2D eigenvalue weighted by molar-refractivity contribution is 5.79. The van der Waals surface area contributed by atoms with Crippen molar-refractivity contribution in [3.05, 3.63) is 71.3 Å². The summed E-state index contributed by atoms with van der Waals surface area (Å²) in [6, 6.07) is 18.7. The van der Waals surface area contributed by atoms with E-state index in [1.165, 1.54) is 11.1 Å². The first-order valence-corrected chi connectivity index (χ1v) is 11.0. The fourth-order valence-corrected chi connectivity index (χ4v) is 3.83. The lowest BCUT2D eigenvalue weighted by molar-refractivity contribution is -0.159. The van der Waals surface area contributed by atoms with Gasteiger partial charge in [0, 0.05) is 0 Å². The molecule has 1 heterocycles. The molecular formula is C25H32N2O3. The van der Waals surface area contributed by atoms with Crippen LogP contribution in [0.25, 0.3) is 0 Å². The maximum atomic E-state index is 12.0. The van der Waals surface area contributed by atoms with Crippen LogP contribution >= 0.6 is 0 Å². The quantitative estimate of drug-likeness (QED) is 0.490. The Hall–Kier alpha value is -2.66. The van der Waals surface area contributed by atoms with Crippen LogP contribution in [0.3, 0.4) is 0 Å². The van der Waals surface area contributed by atoms with Crippen LogP contribution in [0.1, 0.15) is 48.8 Å². The smallest absolute Gasteiger partial charge is 0.332 e. The first-order chi connectivity index (χ1) is 14.7. The fourth-order valence-electron chi connectivity index (χ4n) is 3.83. The third-order valence-corrected chi connectivity index (χ3v) is 5.60. The topological polar surface area (TPSA) is 67.4 Å². The van der Waals surface area contributed by atoms with Crippen molar-refractivity contribution in [2.75, 3.05) is 13.1 Å². The van der Waals surface area contributed by atoms with Crippen LogP contribution in [0.4, 0.5) is 0 Å². The van der Waals surface area contributed by atoms with Crippen molar-refractivity contribution >= 4 is 11.9 Å². The number of hydrogen-bond donors (Lipinski definition) is 2. The van der Waals surface area contributed by atoms with Crippen LogP contribution in [0.15, 0.2) is 54.6 Å². The lowest BCUT2D eigenvalue weighted by Gasteiger charge is -2.21. The number of carbonyl (C=O) groups is 2. The van der Waals surface area contributed by atoms with Gasteiger partial charge in [-0.2, -0.15) is 5.48 Å². The van der Waals surface area contributed by atoms with Gasteiger partial charge in [-0.25, -0.2) is 4.79 Å². The second kappa shape index (κ2) is 12.1. The Morgan fingerprint density at radius 3 is 2.13 bits per heavy atom. The number of nitrogens with one attached hydrogen (secondary N) is 2. The summed E-state index contributed by atoms with van der Waals surface area (Å²) in [4.78, 5) is 28.9. The van der Waals surface area contributed by atoms with Crippen molar-refractivity contribution in [3.8, 4) is 0 Å². The van der Waals surface area contributed by atoms with Gasteiger partial charge in [-0.15, -0.1) is 0 Å². The molecule has 0 bridgehead atoms. The Bertz CT molecular complexity index is 784. The number of unbranched alkanes of at least 4 members (excludes halogenated alkanes) is 1. The summed E-state index contributed by atoms with van der Waals surface area (Å²) < 4.78 is 0. The minimum Gasteiger partial charge on any atom is -0.341 e. The van der Waals surface area contributed by atoms with Crippen molar-refractivity contribution in [3.63, 3.8) is 0 Å². The predicted octanol–water partition coefficient (Wildman–Crippen LogP) is 3.76. The van der Waals surface area contributed by atoms with Gasteiger partial charge in [0.05, 0.1) is 12.8 Å². The van der Waals surface area contributed by atoms with Crippen LogP contribution in [0, 0.1) is 5.92 Å². The van der Waals surface area contributed by atoms with Crippen LogP contribution in [0.5, 0.6) is 0 Å². The number of benzene rings is 2. The summed E-state index contributed by atoms with van der Waals surface area (Å²) in [5, 5.41) is 3.27. The molecule has 0 aromatic heterocycles. The van der Waals surface area contributed by atoms with E-state index in [0.717, 1.165) is 57.2 Å². The van der Waals surface area contributed by atoms with E-state index in [4.69, 9.17) is 4.84 Å². The minimum absolute atomic E-state index is 0.203. The third-order valence-electron chi connectivity index (χ3n) is 5.60. The summed E-state index contributed by atoms with van der Waals surface area (Å²) in [7, 11) is 0. The Labute approximate surface area is 179 Å². The molecule has 0 radical (unpaired) electrons. The predicted molar refractivity (Wildman–Crippen MR) is 118 cm³/mol. The van der Waals surface area contributed by atoms with Crippen LogP contribution in [0.2, 0.25) is 0 Å². The largest absolute Gasteiger partial charge is 0.341 e. The number of carbonyl (C=O) groups excluding carboxylic acids is 2. The molecule has 0 spiro atoms. The van der Waals surface area contributed by atoms with Gasteiger partial charge in [0.25, 0.3) is 5.91 Å². The molecular weight excluding hydrogens is 376 g/mol. The van der Waals surface area contributed by atoms with E-state index in [0.29, 0.717) is 12.3 Å². The maximum absolute atomic E-state index is 12.0. The molecule has 1 aliphatic rings. The number of piperidine rings is 1. The van der Waals surface area contributed by atoms with Crippen molar-refractivity contribution in [2.24, 2.45) is 5.92 Å². The van der Waals surface area contributed by atoms with Gasteiger partial charge in [0.15, 0.2) is 0 Å². The van der Waals surface area contributed by atoms with Gasteiger partial charge in [0.1, 0.15) is 0 Å². The third kappa shape index (κ3) is 7.99. The van der Waals surface area contributed by atoms with E-state index < -0.39 is 0 Å². The highest BCUT2D eigenvalue weighted by Gasteiger charge is 2.18. The number of aryl methyl sites for hydroxylation is 2. The summed E-state index contributed by atoms with van der Waals surface area (Å²) in [6.45, 7) is 1.88. The zero-order valence-electron chi connectivity index (χ0n) is 17.6. The first-order valence-electron chi connectivity index (χ1n) is 11.0. The second-order valence-corrected chi connectivity index (χ2v) is 8.08. The molecule has 2 aromatic carbocycles. The zero-order valence-corrected chi connectivity index (χ0v) is 17.6. The average molecular weight is 409 g/mol. The Morgan fingerprint density at radius 1 is 0.867 bits per heavy atom. The molecule has 0 aliphatic carbocycles. The van der Waals surface area contributed by atoms with Gasteiger partial charge in [-0.3, -0.25) is 4.79 Å². The number of hydrogen-bond acceptors (Lipinski definition) is 4. The molecule has 160 valence electrons. The van der Waals surface area contributed by atoms with E-state index in [1.807, 2.05) is 18.2 Å². The highest BCUT2D eigenvalue weighted by atomic mass is 16.7. The molecule has 1 amide bonds. The molecule has 1 aliphatic heterocycles. The van der Waals surface area contributed by atoms with Crippen LogP contribution in [-0.4, -0.2) is 25.0 Å². The molecule has 30 heavy (non-hydrogen) atoms. The summed E-state index contributed by atoms with van der Waals surface area (Å²) in [5.74, 6) is -0.318. The summed E-state index contributed by atoms with van der Waals surface area (Å²) in [6.07, 6.45) is 6.96. The highest BCUT2D eigenvalue weighted by Crippen LogP contribution is 2.16. The van der Waals surface area contributed by atoms with Crippen LogP contribution in [-0.2, 0) is 33.7 Å². The molecule has 1 saturated heterocycles. The van der Waals surface area contributed by atoms with Gasteiger partial charge in [0.2, 0.25) is 0 Å². The monoisotopic (exact) mass is 408 g/mol. The minimum atomic E-state index is -0.360. The fraction of sp³-hybridized carbons (Fsp3) is 0.440. The van der Waals surface area contributed by atoms with Crippen LogP contribution < -0.4 is 10.8 Å². The molecule has 0 saturated carbocycles. The van der Waals surface area contributed by atoms with Crippen molar-refractivity contribution in [1.82, 2.24) is 10.8 Å². The maximum Gasteiger partial charge on any atom is 0.332 e. The molecule has 0 unspecified atom stereocenters. The molecule has 5 nitrogen and oxygen atoms in total. The molecule has 0 atom stereocenters. The van der Waals surface area contributed by atoms with E-state index in [9.17, 15) is 9.59 Å². The van der Waals surface area contributed by atoms with E-state index >= 15 is 0 Å². The van der Waals surface area contributed by atoms with Crippen molar-refractivity contribution < 1.29 is 14.4 Å². The van der Waals surface area contributed by atoms with Crippen molar-refractivity contribution in [1.29, 1.82) is 0 Å². The van der Waals surface area contributed by atoms with Crippen molar-refractivity contribution in [2.45, 2.75) is 51.4 Å². The van der Waals surface area contributed by atoms with Gasteiger partial charge in [-0.1, -0.05) is 54.6 Å². The molecule has 2 aromatic rings. The standard InChI is InChI=1S/C25H32N2O3/c28-24(27-30-25(29)19-23-14-16-26-17-15-23)18-22-12-10-21(11-13-22)9-5-4-8-20-6-2-1-3-7-20/h1-3,6-7,10-13,23,26H,4-5,8-9,14-19H2,(H,27,28). The van der Waals surface area contributed by atoms with E-state index in [2.05, 4.69) is 47.2 Å². The van der Waals surface area contributed by atoms with E-state index in [1.54, 1.807) is 0 Å². The van der Waals surface area contributed by atoms with E-state index in [-0.39, 0.29) is 18.3 Å². The van der Waals surface area contributed by atoms with Gasteiger partial charge in [-0.05, 0) is 74.2 Å². The molecule has 2 N–H and O–H groups in total. The first kappa shape index (κ1) is 22.0. The Kier molecular flexibility index (Phi) is 8.91. The second-order valence-electron chi connectivity index (χ2n) is 8.08. The SMILES string of the molecule is O=C(Cc1ccc(CCCCc2ccccc2)cc1)NOC(=O)CC1CCNCC1. The normalized spacial score (nSPS) is 14.3. The lowest BCUT2D eigenvalue weighted by Crippen LogP contribution is -2.32. The average Bonchev–Trinajstić information content (AvgIpc) is 2.78. The molecule has 3 rings (SSSR count). The number of rotatable bonds is 9. The van der Waals surface area contributed by atoms with Gasteiger partial charge >= 0.3 is 5.97 Å². The number of amides is 1. The summed E-state index contributed by atoms with van der Waals surface area (Å²) in [5.41, 5.74) is 5.86. The molecule has 5 heteroatoms. The number of hydroxylamine groups is 1. The van der Waals surface area contributed by atoms with Gasteiger partial charge < -0.3 is 10.2 Å². The molecule has 1 fully saturated rings.